The van der Waals surface area contributed by atoms with Crippen molar-refractivity contribution in [2.75, 3.05) is 38.1 Å². The minimum atomic E-state index is -4.12. The van der Waals surface area contributed by atoms with Gasteiger partial charge in [-0.15, -0.1) is 0 Å². The van der Waals surface area contributed by atoms with Crippen molar-refractivity contribution in [2.24, 2.45) is 11.1 Å². The minimum absolute atomic E-state index is 0.122. The quantitative estimate of drug-likeness (QED) is 0.491. The number of primary amides is 1. The van der Waals surface area contributed by atoms with Gasteiger partial charge in [0.05, 0.1) is 5.41 Å². The summed E-state index contributed by atoms with van der Waals surface area (Å²) in [4.78, 5) is 31.3. The van der Waals surface area contributed by atoms with Crippen LogP contribution in [0.25, 0.3) is 11.1 Å². The lowest BCUT2D eigenvalue weighted by atomic mass is 9.67. The van der Waals surface area contributed by atoms with Crippen LogP contribution in [0.2, 0.25) is 0 Å². The number of hydrogen-bond acceptors (Lipinski definition) is 4. The Morgan fingerprint density at radius 2 is 1.62 bits per heavy atom. The van der Waals surface area contributed by atoms with Gasteiger partial charge in [-0.1, -0.05) is 36.8 Å². The minimum Gasteiger partial charge on any atom is -0.372 e. The Labute approximate surface area is 234 Å². The lowest BCUT2D eigenvalue weighted by Gasteiger charge is -2.48. The number of nitrogens with two attached hydrogens (primary N) is 1. The zero-order valence-corrected chi connectivity index (χ0v) is 23.1. The number of hydrogen-bond donors (Lipinski definition) is 1. The van der Waals surface area contributed by atoms with Gasteiger partial charge >= 0.3 is 6.18 Å². The highest BCUT2D eigenvalue weighted by atomic mass is 19.4. The predicted molar refractivity (Wildman–Crippen MR) is 150 cm³/mol. The average molecular weight is 557 g/mol. The van der Waals surface area contributed by atoms with Crippen molar-refractivity contribution in [3.05, 3.63) is 54.1 Å². The summed E-state index contributed by atoms with van der Waals surface area (Å²) in [6.45, 7) is 1.98. The van der Waals surface area contributed by atoms with E-state index in [0.29, 0.717) is 38.0 Å². The van der Waals surface area contributed by atoms with Gasteiger partial charge in [-0.05, 0) is 74.3 Å². The number of piperidine rings is 2. The van der Waals surface area contributed by atoms with E-state index in [-0.39, 0.29) is 31.3 Å². The average Bonchev–Trinajstić information content (AvgIpc) is 2.94. The van der Waals surface area contributed by atoms with Gasteiger partial charge in [0, 0.05) is 50.5 Å². The molecule has 1 saturated carbocycles. The first-order valence-corrected chi connectivity index (χ1v) is 14.4. The van der Waals surface area contributed by atoms with Crippen LogP contribution in [0.1, 0.15) is 61.7 Å². The van der Waals surface area contributed by atoms with E-state index in [1.165, 1.54) is 0 Å². The molecule has 9 heteroatoms. The molecular formula is C31H39F3N4O2. The summed E-state index contributed by atoms with van der Waals surface area (Å²) in [6, 6.07) is 15.2. The molecule has 2 amide bonds. The number of benzene rings is 2. The molecule has 6 nitrogen and oxygen atoms in total. The summed E-state index contributed by atoms with van der Waals surface area (Å²) >= 11 is 0. The van der Waals surface area contributed by atoms with Crippen molar-refractivity contribution >= 4 is 17.5 Å². The molecule has 2 aromatic carbocycles. The van der Waals surface area contributed by atoms with E-state index >= 15 is 0 Å². The number of rotatable bonds is 7. The molecule has 1 aliphatic carbocycles. The second-order valence-corrected chi connectivity index (χ2v) is 11.8. The molecule has 3 aliphatic rings. The number of nitrogens with zero attached hydrogens (tertiary/aromatic N) is 3. The van der Waals surface area contributed by atoms with Crippen molar-refractivity contribution in [3.63, 3.8) is 0 Å². The van der Waals surface area contributed by atoms with Crippen molar-refractivity contribution < 1.29 is 22.8 Å². The fourth-order valence-electron chi connectivity index (χ4n) is 6.66. The van der Waals surface area contributed by atoms with Gasteiger partial charge in [0.15, 0.2) is 0 Å². The van der Waals surface area contributed by atoms with Gasteiger partial charge in [-0.3, -0.25) is 9.59 Å². The van der Waals surface area contributed by atoms with E-state index in [0.717, 1.165) is 42.5 Å². The van der Waals surface area contributed by atoms with Crippen LogP contribution in [0.5, 0.6) is 0 Å². The Bertz CT molecular complexity index is 1200. The molecule has 0 radical (unpaired) electrons. The van der Waals surface area contributed by atoms with E-state index in [9.17, 15) is 22.8 Å². The Morgan fingerprint density at radius 3 is 2.23 bits per heavy atom. The van der Waals surface area contributed by atoms with Crippen LogP contribution in [-0.4, -0.2) is 73.1 Å². The van der Waals surface area contributed by atoms with E-state index in [4.69, 9.17) is 5.73 Å². The van der Waals surface area contributed by atoms with Crippen LogP contribution >= 0.6 is 0 Å². The summed E-state index contributed by atoms with van der Waals surface area (Å²) in [5.41, 5.74) is 7.38. The monoisotopic (exact) mass is 556 g/mol. The van der Waals surface area contributed by atoms with Crippen LogP contribution in [-0.2, 0) is 4.79 Å². The fourth-order valence-corrected chi connectivity index (χ4v) is 6.66. The van der Waals surface area contributed by atoms with Gasteiger partial charge in [0.1, 0.15) is 6.04 Å². The largest absolute Gasteiger partial charge is 0.395 e. The molecular weight excluding hydrogens is 517 g/mol. The number of carbonyl (C=O) groups excluding carboxylic acids is 2. The van der Waals surface area contributed by atoms with Gasteiger partial charge in [-0.25, -0.2) is 0 Å². The van der Waals surface area contributed by atoms with Crippen LogP contribution in [0.3, 0.4) is 0 Å². The molecule has 2 saturated heterocycles. The Kier molecular flexibility index (Phi) is 8.13. The second-order valence-electron chi connectivity index (χ2n) is 11.8. The van der Waals surface area contributed by atoms with E-state index in [1.807, 2.05) is 54.4 Å². The zero-order valence-electron chi connectivity index (χ0n) is 23.1. The van der Waals surface area contributed by atoms with Gasteiger partial charge in [0.2, 0.25) is 5.91 Å². The maximum absolute atomic E-state index is 13.6. The van der Waals surface area contributed by atoms with Crippen molar-refractivity contribution in [3.8, 4) is 11.1 Å². The molecule has 2 N–H and O–H groups in total. The number of anilines is 1. The van der Waals surface area contributed by atoms with E-state index in [1.54, 1.807) is 11.0 Å². The topological polar surface area (TPSA) is 69.9 Å². The van der Waals surface area contributed by atoms with E-state index < -0.39 is 23.5 Å². The maximum Gasteiger partial charge on any atom is 0.395 e. The molecule has 0 spiro atoms. The molecule has 1 atom stereocenters. The number of alkyl halides is 3. The Hall–Kier alpha value is -3.07. The molecule has 216 valence electrons. The molecule has 2 aromatic rings. The molecule has 5 rings (SSSR count). The number of halogens is 3. The molecule has 1 unspecified atom stereocenters. The summed E-state index contributed by atoms with van der Waals surface area (Å²) in [7, 11) is 2.04. The standard InChI is InChI=1S/C31H39F3N4O2/c1-36(24-14-19-37(20-15-24)21-30(16-6-17-30)31(32,33)34)23-12-10-22(11-13-23)25-7-2-3-8-26(25)29(40)38-18-5-4-9-27(38)28(35)39/h2-3,7-8,10-13,24,27H,4-6,9,14-21H2,1H3,(H2,35,39). The fraction of sp³-hybridized carbons (Fsp3) is 0.548. The highest BCUT2D eigenvalue weighted by Gasteiger charge is 2.58. The third kappa shape index (κ3) is 5.57. The molecule has 40 heavy (non-hydrogen) atoms. The molecule has 0 bridgehead atoms. The van der Waals surface area contributed by atoms with Crippen LogP contribution in [0.15, 0.2) is 48.5 Å². The smallest absolute Gasteiger partial charge is 0.372 e. The SMILES string of the molecule is CN(c1ccc(-c2ccccc2C(=O)N2CCCCC2C(N)=O)cc1)C1CCN(CC2(C(F)(F)F)CCC2)CC1. The molecule has 2 aliphatic heterocycles. The third-order valence-corrected chi connectivity index (χ3v) is 9.38. The highest BCUT2D eigenvalue weighted by molar-refractivity contribution is 6.02. The lowest BCUT2D eigenvalue weighted by molar-refractivity contribution is -0.256. The van der Waals surface area contributed by atoms with Gasteiger partial charge < -0.3 is 20.4 Å². The maximum atomic E-state index is 13.6. The molecule has 0 aromatic heterocycles. The molecule has 3 fully saturated rings. The Balaban J connectivity index is 1.24. The number of likely N-dealkylation sites (tertiary alicyclic amines) is 2. The number of carbonyl (C=O) groups is 2. The summed E-state index contributed by atoms with van der Waals surface area (Å²) in [6.07, 6.45) is 0.998. The normalized spacial score (nSPS) is 22.0. The summed E-state index contributed by atoms with van der Waals surface area (Å²) in [5.74, 6) is -0.645. The molecule has 2 heterocycles. The first-order chi connectivity index (χ1) is 19.1. The van der Waals surface area contributed by atoms with E-state index in [2.05, 4.69) is 4.90 Å². The lowest BCUT2D eigenvalue weighted by Crippen LogP contribution is -2.54. The van der Waals surface area contributed by atoms with Crippen molar-refractivity contribution in [1.29, 1.82) is 0 Å². The second kappa shape index (κ2) is 11.4. The highest BCUT2D eigenvalue weighted by Crippen LogP contribution is 2.53. The number of amides is 2. The Morgan fingerprint density at radius 1 is 0.950 bits per heavy atom. The van der Waals surface area contributed by atoms with Crippen molar-refractivity contribution in [1.82, 2.24) is 9.80 Å². The predicted octanol–water partition coefficient (Wildman–Crippen LogP) is 5.47. The first-order valence-electron chi connectivity index (χ1n) is 14.4. The summed E-state index contributed by atoms with van der Waals surface area (Å²) < 4.78 is 40.9. The van der Waals surface area contributed by atoms with Crippen LogP contribution in [0, 0.1) is 5.41 Å². The summed E-state index contributed by atoms with van der Waals surface area (Å²) in [5, 5.41) is 0. The van der Waals surface area contributed by atoms with Crippen LogP contribution < -0.4 is 10.6 Å². The van der Waals surface area contributed by atoms with Gasteiger partial charge in [0.25, 0.3) is 5.91 Å². The van der Waals surface area contributed by atoms with Gasteiger partial charge in [-0.2, -0.15) is 13.2 Å². The van der Waals surface area contributed by atoms with Crippen LogP contribution in [0.4, 0.5) is 18.9 Å². The third-order valence-electron chi connectivity index (χ3n) is 9.38. The van der Waals surface area contributed by atoms with Crippen molar-refractivity contribution in [2.45, 2.75) is 69.6 Å². The first kappa shape index (κ1) is 28.5. The zero-order chi connectivity index (χ0) is 28.5.